The van der Waals surface area contributed by atoms with Crippen molar-refractivity contribution < 1.29 is 14.4 Å². The molecule has 0 saturated heterocycles. The monoisotopic (exact) mass is 298 g/mol. The van der Waals surface area contributed by atoms with E-state index in [1.54, 1.807) is 0 Å². The molecule has 0 aliphatic carbocycles. The molecule has 0 fully saturated rings. The zero-order valence-corrected chi connectivity index (χ0v) is 13.8. The third-order valence-electron chi connectivity index (χ3n) is 3.43. The van der Waals surface area contributed by atoms with Crippen LogP contribution in [-0.2, 0) is 14.4 Å². The lowest BCUT2D eigenvalue weighted by Crippen LogP contribution is -2.40. The molecule has 0 radical (unpaired) electrons. The van der Waals surface area contributed by atoms with Crippen LogP contribution >= 0.6 is 0 Å². The van der Waals surface area contributed by atoms with Gasteiger partial charge in [0, 0.05) is 31.3 Å². The van der Waals surface area contributed by atoms with E-state index in [1.807, 2.05) is 7.05 Å². The van der Waals surface area contributed by atoms with Gasteiger partial charge in [-0.2, -0.15) is 0 Å². The van der Waals surface area contributed by atoms with Gasteiger partial charge in [0.15, 0.2) is 0 Å². The predicted octanol–water partition coefficient (Wildman–Crippen LogP) is 1.99. The molecule has 1 atom stereocenters. The summed E-state index contributed by atoms with van der Waals surface area (Å²) in [7, 11) is 1.85. The first-order chi connectivity index (χ1) is 9.88. The van der Waals surface area contributed by atoms with Crippen molar-refractivity contribution in [3.8, 4) is 0 Å². The first-order valence-corrected chi connectivity index (χ1v) is 7.84. The van der Waals surface area contributed by atoms with Gasteiger partial charge in [0.25, 0.3) is 0 Å². The largest absolute Gasteiger partial charge is 0.352 e. The molecule has 0 aromatic heterocycles. The smallest absolute Gasteiger partial charge is 0.221 e. The number of rotatable bonds is 12. The molecule has 0 aliphatic heterocycles. The van der Waals surface area contributed by atoms with Crippen molar-refractivity contribution in [2.45, 2.75) is 77.8 Å². The fourth-order valence-electron chi connectivity index (χ4n) is 2.37. The van der Waals surface area contributed by atoms with Crippen LogP contribution in [-0.4, -0.2) is 36.6 Å². The molecule has 122 valence electrons. The minimum atomic E-state index is -0.374. The molecular formula is C16H30N2O3. The highest BCUT2D eigenvalue weighted by Gasteiger charge is 2.18. The second kappa shape index (κ2) is 11.4. The SMILES string of the molecule is CCCCCC(CC(=O)NC(CC(C)=O)CC(C)=O)NC. The van der Waals surface area contributed by atoms with Gasteiger partial charge in [-0.05, 0) is 27.3 Å². The predicted molar refractivity (Wildman–Crippen MR) is 84.1 cm³/mol. The van der Waals surface area contributed by atoms with E-state index < -0.39 is 0 Å². The summed E-state index contributed by atoms with van der Waals surface area (Å²) in [5.41, 5.74) is 0. The Kier molecular flexibility index (Phi) is 10.8. The Morgan fingerprint density at radius 1 is 0.905 bits per heavy atom. The van der Waals surface area contributed by atoms with Crippen molar-refractivity contribution in [3.63, 3.8) is 0 Å². The Morgan fingerprint density at radius 2 is 1.48 bits per heavy atom. The van der Waals surface area contributed by atoms with E-state index in [4.69, 9.17) is 0 Å². The molecule has 5 nitrogen and oxygen atoms in total. The third kappa shape index (κ3) is 11.1. The van der Waals surface area contributed by atoms with Crippen LogP contribution in [0.25, 0.3) is 0 Å². The van der Waals surface area contributed by atoms with Crippen LogP contribution in [0.3, 0.4) is 0 Å². The van der Waals surface area contributed by atoms with Crippen molar-refractivity contribution in [3.05, 3.63) is 0 Å². The van der Waals surface area contributed by atoms with E-state index in [0.29, 0.717) is 6.42 Å². The van der Waals surface area contributed by atoms with Crippen LogP contribution in [0.5, 0.6) is 0 Å². The molecule has 2 N–H and O–H groups in total. The fourth-order valence-corrected chi connectivity index (χ4v) is 2.37. The lowest BCUT2D eigenvalue weighted by molar-refractivity contribution is -0.123. The Hall–Kier alpha value is -1.23. The van der Waals surface area contributed by atoms with Crippen LogP contribution in [0, 0.1) is 0 Å². The van der Waals surface area contributed by atoms with E-state index in [0.717, 1.165) is 25.7 Å². The molecule has 0 heterocycles. The summed E-state index contributed by atoms with van der Waals surface area (Å²) < 4.78 is 0. The normalized spacial score (nSPS) is 12.2. The molecule has 0 aromatic carbocycles. The molecule has 1 unspecified atom stereocenters. The number of carbonyl (C=O) groups excluding carboxylic acids is 3. The quantitative estimate of drug-likeness (QED) is 0.540. The number of unbranched alkanes of at least 4 members (excludes halogenated alkanes) is 2. The molecule has 0 aromatic rings. The Balaban J connectivity index is 4.31. The van der Waals surface area contributed by atoms with Gasteiger partial charge >= 0.3 is 0 Å². The first-order valence-electron chi connectivity index (χ1n) is 7.84. The number of ketones is 2. The van der Waals surface area contributed by atoms with Gasteiger partial charge < -0.3 is 10.6 Å². The van der Waals surface area contributed by atoms with E-state index >= 15 is 0 Å². The summed E-state index contributed by atoms with van der Waals surface area (Å²) in [5, 5.41) is 5.97. The van der Waals surface area contributed by atoms with Gasteiger partial charge in [0.1, 0.15) is 11.6 Å². The summed E-state index contributed by atoms with van der Waals surface area (Å²) in [6, 6.07) is -0.229. The lowest BCUT2D eigenvalue weighted by Gasteiger charge is -2.20. The van der Waals surface area contributed by atoms with E-state index in [-0.39, 0.29) is 42.4 Å². The number of hydrogen-bond donors (Lipinski definition) is 2. The summed E-state index contributed by atoms with van der Waals surface area (Å²) >= 11 is 0. The average Bonchev–Trinajstić information content (AvgIpc) is 2.35. The zero-order valence-electron chi connectivity index (χ0n) is 13.8. The summed E-state index contributed by atoms with van der Waals surface area (Å²) in [5.74, 6) is -0.136. The van der Waals surface area contributed by atoms with Gasteiger partial charge in [0.05, 0.1) is 0 Å². The zero-order chi connectivity index (χ0) is 16.3. The van der Waals surface area contributed by atoms with Crippen LogP contribution in [0.1, 0.15) is 65.7 Å². The number of nitrogens with one attached hydrogen (secondary N) is 2. The van der Waals surface area contributed by atoms with E-state index in [9.17, 15) is 14.4 Å². The van der Waals surface area contributed by atoms with Crippen LogP contribution in [0.4, 0.5) is 0 Å². The minimum absolute atomic E-state index is 0.0188. The van der Waals surface area contributed by atoms with Gasteiger partial charge in [-0.3, -0.25) is 14.4 Å². The summed E-state index contributed by atoms with van der Waals surface area (Å²) in [6.45, 7) is 5.09. The molecule has 1 amide bonds. The van der Waals surface area contributed by atoms with Crippen molar-refractivity contribution in [1.29, 1.82) is 0 Å². The second-order valence-corrected chi connectivity index (χ2v) is 5.76. The molecule has 21 heavy (non-hydrogen) atoms. The Labute approximate surface area is 128 Å². The standard InChI is InChI=1S/C16H30N2O3/c1-5-6-7-8-14(17-4)11-16(21)18-15(9-12(2)19)10-13(3)20/h14-15,17H,5-11H2,1-4H3,(H,18,21). The molecule has 0 rings (SSSR count). The van der Waals surface area contributed by atoms with Gasteiger partial charge in [-0.1, -0.05) is 26.2 Å². The number of carbonyl (C=O) groups is 3. The lowest BCUT2D eigenvalue weighted by atomic mass is 10.0. The highest BCUT2D eigenvalue weighted by atomic mass is 16.2. The van der Waals surface area contributed by atoms with Crippen molar-refractivity contribution in [1.82, 2.24) is 10.6 Å². The molecule has 0 spiro atoms. The second-order valence-electron chi connectivity index (χ2n) is 5.76. The van der Waals surface area contributed by atoms with E-state index in [1.165, 1.54) is 13.8 Å². The fraction of sp³-hybridized carbons (Fsp3) is 0.812. The molecule has 0 bridgehead atoms. The van der Waals surface area contributed by atoms with E-state index in [2.05, 4.69) is 17.6 Å². The molecule has 0 aliphatic rings. The number of hydrogen-bond acceptors (Lipinski definition) is 4. The number of amides is 1. The maximum atomic E-state index is 12.0. The van der Waals surface area contributed by atoms with Crippen molar-refractivity contribution in [2.75, 3.05) is 7.05 Å². The number of Topliss-reactive ketones (excluding diaryl/α,β-unsaturated/α-hetero) is 2. The van der Waals surface area contributed by atoms with Crippen LogP contribution < -0.4 is 10.6 Å². The highest BCUT2D eigenvalue weighted by Crippen LogP contribution is 2.07. The maximum Gasteiger partial charge on any atom is 0.221 e. The summed E-state index contributed by atoms with van der Waals surface area (Å²) in [6.07, 6.45) is 5.18. The maximum absolute atomic E-state index is 12.0. The van der Waals surface area contributed by atoms with Crippen molar-refractivity contribution >= 4 is 17.5 Å². The third-order valence-corrected chi connectivity index (χ3v) is 3.43. The topological polar surface area (TPSA) is 75.3 Å². The van der Waals surface area contributed by atoms with Crippen LogP contribution in [0.2, 0.25) is 0 Å². The molecule has 0 saturated carbocycles. The molecule has 5 heteroatoms. The minimum Gasteiger partial charge on any atom is -0.352 e. The van der Waals surface area contributed by atoms with Crippen molar-refractivity contribution in [2.24, 2.45) is 0 Å². The Bertz CT molecular complexity index is 326. The van der Waals surface area contributed by atoms with Crippen LogP contribution in [0.15, 0.2) is 0 Å². The molecular weight excluding hydrogens is 268 g/mol. The summed E-state index contributed by atoms with van der Waals surface area (Å²) in [4.78, 5) is 34.4. The average molecular weight is 298 g/mol. The van der Waals surface area contributed by atoms with Gasteiger partial charge in [-0.25, -0.2) is 0 Å². The van der Waals surface area contributed by atoms with Gasteiger partial charge in [0.2, 0.25) is 5.91 Å². The Morgan fingerprint density at radius 3 is 1.90 bits per heavy atom. The highest BCUT2D eigenvalue weighted by molar-refractivity contribution is 5.82. The first kappa shape index (κ1) is 19.8. The van der Waals surface area contributed by atoms with Gasteiger partial charge in [-0.15, -0.1) is 0 Å².